The Morgan fingerprint density at radius 3 is 2.00 bits per heavy atom. The van der Waals surface area contributed by atoms with Crippen molar-refractivity contribution in [3.63, 3.8) is 0 Å². The van der Waals surface area contributed by atoms with E-state index < -0.39 is 34.5 Å². The van der Waals surface area contributed by atoms with E-state index in [-0.39, 0.29) is 29.0 Å². The second kappa shape index (κ2) is 15.5. The molecule has 0 aromatic carbocycles. The summed E-state index contributed by atoms with van der Waals surface area (Å²) in [6.07, 6.45) is 7.96. The number of hydrogen-bond donors (Lipinski definition) is 6. The van der Waals surface area contributed by atoms with Crippen LogP contribution in [-0.4, -0.2) is 76.6 Å². The average molecular weight is 584 g/mol. The van der Waals surface area contributed by atoms with E-state index in [4.69, 9.17) is 4.42 Å². The third-order valence-corrected chi connectivity index (χ3v) is 9.52. The number of aryl methyl sites for hydroxylation is 2. The molecule has 1 aromatic heterocycles. The Hall–Kier alpha value is -2.48. The summed E-state index contributed by atoms with van der Waals surface area (Å²) in [4.78, 5) is 37.1. The zero-order chi connectivity index (χ0) is 29.1. The van der Waals surface area contributed by atoms with Gasteiger partial charge >= 0.3 is 5.97 Å². The minimum Gasteiger partial charge on any atom is -0.480 e. The maximum atomic E-state index is 13.1. The van der Waals surface area contributed by atoms with Crippen molar-refractivity contribution in [1.29, 1.82) is 0 Å². The molecule has 2 saturated heterocycles. The van der Waals surface area contributed by atoms with Crippen LogP contribution in [0.15, 0.2) is 15.4 Å². The summed E-state index contributed by atoms with van der Waals surface area (Å²) in [5.41, 5.74) is 0. The van der Waals surface area contributed by atoms with Crippen molar-refractivity contribution in [2.75, 3.05) is 39.3 Å². The Labute approximate surface area is 236 Å². The molecule has 0 saturated carbocycles. The molecule has 12 nitrogen and oxygen atoms in total. The molecule has 1 aromatic rings. The molecule has 0 bridgehead atoms. The summed E-state index contributed by atoms with van der Waals surface area (Å²) in [5, 5.41) is 21.4. The van der Waals surface area contributed by atoms with Crippen LogP contribution in [0.3, 0.4) is 0 Å². The lowest BCUT2D eigenvalue weighted by Gasteiger charge is -2.27. The maximum Gasteiger partial charge on any atom is 0.323 e. The summed E-state index contributed by atoms with van der Waals surface area (Å²) in [5.74, 6) is -0.673. The second-order valence-corrected chi connectivity index (χ2v) is 12.7. The van der Waals surface area contributed by atoms with Crippen molar-refractivity contribution < 1.29 is 32.3 Å². The molecule has 0 spiro atoms. The molecule has 6 N–H and O–H groups in total. The Morgan fingerprint density at radius 1 is 0.975 bits per heavy atom. The van der Waals surface area contributed by atoms with Crippen molar-refractivity contribution >= 4 is 27.8 Å². The lowest BCUT2D eigenvalue weighted by Crippen LogP contribution is -2.50. The molecular formula is C27H45N5O7S. The molecule has 0 aliphatic carbocycles. The first-order valence-corrected chi connectivity index (χ1v) is 15.8. The molecule has 3 heterocycles. The van der Waals surface area contributed by atoms with Gasteiger partial charge in [0.2, 0.25) is 21.8 Å². The monoisotopic (exact) mass is 583 g/mol. The van der Waals surface area contributed by atoms with E-state index in [2.05, 4.69) is 26.0 Å². The van der Waals surface area contributed by atoms with Crippen LogP contribution in [0.4, 0.5) is 0 Å². The van der Waals surface area contributed by atoms with Crippen molar-refractivity contribution in [2.45, 2.75) is 76.2 Å². The van der Waals surface area contributed by atoms with Gasteiger partial charge in [-0.3, -0.25) is 14.4 Å². The normalized spacial score (nSPS) is 18.0. The van der Waals surface area contributed by atoms with Crippen LogP contribution >= 0.6 is 0 Å². The third-order valence-electron chi connectivity index (χ3n) is 7.94. The molecule has 2 aliphatic heterocycles. The number of carbonyl (C=O) groups is 3. The van der Waals surface area contributed by atoms with Gasteiger partial charge in [-0.2, -0.15) is 4.72 Å². The van der Waals surface area contributed by atoms with Gasteiger partial charge in [0.25, 0.3) is 0 Å². The van der Waals surface area contributed by atoms with E-state index in [1.807, 2.05) is 0 Å². The average Bonchev–Trinajstić information content (AvgIpc) is 3.29. The predicted octanol–water partition coefficient (Wildman–Crippen LogP) is 1.04. The van der Waals surface area contributed by atoms with Crippen molar-refractivity contribution in [3.8, 4) is 0 Å². The van der Waals surface area contributed by atoms with E-state index in [1.165, 1.54) is 13.0 Å². The Bertz CT molecular complexity index is 1070. The van der Waals surface area contributed by atoms with Crippen LogP contribution in [-0.2, 0) is 24.4 Å². The van der Waals surface area contributed by atoms with Crippen LogP contribution in [0, 0.1) is 31.6 Å². The van der Waals surface area contributed by atoms with Crippen LogP contribution < -0.4 is 26.0 Å². The molecule has 1 unspecified atom stereocenters. The summed E-state index contributed by atoms with van der Waals surface area (Å²) in [6.45, 7) is 6.28. The molecule has 226 valence electrons. The molecule has 13 heteroatoms. The minimum atomic E-state index is -4.18. The van der Waals surface area contributed by atoms with Gasteiger partial charge < -0.3 is 30.8 Å². The predicted molar refractivity (Wildman–Crippen MR) is 149 cm³/mol. The number of carboxylic acids is 1. The molecule has 40 heavy (non-hydrogen) atoms. The van der Waals surface area contributed by atoms with Crippen molar-refractivity contribution in [1.82, 2.24) is 26.0 Å². The Kier molecular flexibility index (Phi) is 12.4. The highest BCUT2D eigenvalue weighted by atomic mass is 32.2. The number of rotatable bonds is 15. The molecular weight excluding hydrogens is 538 g/mol. The fourth-order valence-electron chi connectivity index (χ4n) is 5.52. The van der Waals surface area contributed by atoms with Gasteiger partial charge in [-0.15, -0.1) is 0 Å². The Balaban J connectivity index is 1.49. The second-order valence-electron chi connectivity index (χ2n) is 11.0. The zero-order valence-electron chi connectivity index (χ0n) is 23.6. The third kappa shape index (κ3) is 10.2. The number of carbonyl (C=O) groups excluding carboxylic acids is 2. The van der Waals surface area contributed by atoms with Gasteiger partial charge in [-0.25, -0.2) is 8.42 Å². The van der Waals surface area contributed by atoms with Gasteiger partial charge in [0.1, 0.15) is 22.5 Å². The van der Waals surface area contributed by atoms with E-state index in [0.29, 0.717) is 17.6 Å². The number of aliphatic carboxylic acids is 1. The molecule has 2 amide bonds. The number of sulfonamides is 1. The first kappa shape index (κ1) is 32.0. The van der Waals surface area contributed by atoms with Gasteiger partial charge in [-0.05, 0) is 109 Å². The number of amides is 2. The quantitative estimate of drug-likeness (QED) is 0.176. The van der Waals surface area contributed by atoms with E-state index in [0.717, 1.165) is 77.5 Å². The number of piperidine rings is 2. The maximum absolute atomic E-state index is 13.1. The largest absolute Gasteiger partial charge is 0.480 e. The van der Waals surface area contributed by atoms with Crippen LogP contribution in [0.5, 0.6) is 0 Å². The van der Waals surface area contributed by atoms with Crippen LogP contribution in [0.1, 0.15) is 62.9 Å². The number of nitrogens with one attached hydrogen (secondary N) is 5. The van der Waals surface area contributed by atoms with Gasteiger partial charge in [0.05, 0.1) is 6.54 Å². The van der Waals surface area contributed by atoms with Crippen molar-refractivity contribution in [2.24, 2.45) is 17.8 Å². The summed E-state index contributed by atoms with van der Waals surface area (Å²) in [6, 6.07) is -0.292. The van der Waals surface area contributed by atoms with Crippen LogP contribution in [0.25, 0.3) is 0 Å². The highest BCUT2D eigenvalue weighted by Gasteiger charge is 2.29. The van der Waals surface area contributed by atoms with Crippen molar-refractivity contribution in [3.05, 3.63) is 17.6 Å². The van der Waals surface area contributed by atoms with Crippen LogP contribution in [0.2, 0.25) is 0 Å². The van der Waals surface area contributed by atoms with E-state index >= 15 is 0 Å². The fourth-order valence-corrected chi connectivity index (χ4v) is 6.94. The lowest BCUT2D eigenvalue weighted by atomic mass is 9.84. The SMILES string of the molecule is Cc1cc(S(=O)(=O)NC(CNC(=O)CNC(=O)C(CCC2CCNCC2)CCC2CCNCC2)C(=O)O)c(C)o1. The summed E-state index contributed by atoms with van der Waals surface area (Å²) >= 11 is 0. The topological polar surface area (TPSA) is 179 Å². The fraction of sp³-hybridized carbons (Fsp3) is 0.741. The molecule has 1 atom stereocenters. The van der Waals surface area contributed by atoms with E-state index in [1.54, 1.807) is 6.92 Å². The number of furan rings is 1. The standard InChI is InChI=1S/C27H45N5O7S/c1-18-15-24(19(2)39-18)40(37,38)32-23(27(35)36)16-30-25(33)17-31-26(34)22(5-3-20-7-11-28-12-8-20)6-4-21-9-13-29-14-10-21/h15,20-23,28-29,32H,3-14,16-17H2,1-2H3,(H,30,33)(H,31,34)(H,35,36). The highest BCUT2D eigenvalue weighted by Crippen LogP contribution is 2.27. The first-order chi connectivity index (χ1) is 19.0. The van der Waals surface area contributed by atoms with Gasteiger partial charge in [0.15, 0.2) is 0 Å². The zero-order valence-corrected chi connectivity index (χ0v) is 24.4. The first-order valence-electron chi connectivity index (χ1n) is 14.3. The number of carboxylic acid groups (broad SMARTS) is 1. The van der Waals surface area contributed by atoms with Gasteiger partial charge in [-0.1, -0.05) is 0 Å². The molecule has 3 rings (SSSR count). The smallest absolute Gasteiger partial charge is 0.323 e. The Morgan fingerprint density at radius 2 is 1.52 bits per heavy atom. The highest BCUT2D eigenvalue weighted by molar-refractivity contribution is 7.89. The van der Waals surface area contributed by atoms with E-state index in [9.17, 15) is 27.9 Å². The van der Waals surface area contributed by atoms with Gasteiger partial charge in [0, 0.05) is 12.5 Å². The number of hydrogen-bond acceptors (Lipinski definition) is 8. The molecule has 2 fully saturated rings. The lowest BCUT2D eigenvalue weighted by molar-refractivity contribution is -0.139. The molecule has 0 radical (unpaired) electrons. The summed E-state index contributed by atoms with van der Waals surface area (Å²) in [7, 11) is -4.18. The minimum absolute atomic E-state index is 0.135. The summed E-state index contributed by atoms with van der Waals surface area (Å²) < 4.78 is 32.6. The molecule has 2 aliphatic rings.